The first-order chi connectivity index (χ1) is 9.08. The van der Waals surface area contributed by atoms with E-state index in [4.69, 9.17) is 34.8 Å². The van der Waals surface area contributed by atoms with Crippen LogP contribution in [0.4, 0.5) is 0 Å². The summed E-state index contributed by atoms with van der Waals surface area (Å²) in [5.74, 6) is 0. The lowest BCUT2D eigenvalue weighted by molar-refractivity contribution is 0.592. The third kappa shape index (κ3) is 4.12. The fourth-order valence-electron chi connectivity index (χ4n) is 2.06. The van der Waals surface area contributed by atoms with Crippen LogP contribution >= 0.6 is 34.8 Å². The van der Waals surface area contributed by atoms with Crippen molar-refractivity contribution in [2.45, 2.75) is 12.5 Å². The summed E-state index contributed by atoms with van der Waals surface area (Å²) in [7, 11) is 1.92. The summed E-state index contributed by atoms with van der Waals surface area (Å²) < 4.78 is 0. The highest BCUT2D eigenvalue weighted by Gasteiger charge is 2.12. The molecule has 0 aromatic heterocycles. The minimum absolute atomic E-state index is 0.148. The summed E-state index contributed by atoms with van der Waals surface area (Å²) in [5, 5.41) is 5.32. The Morgan fingerprint density at radius 3 is 2.21 bits per heavy atom. The van der Waals surface area contributed by atoms with Crippen molar-refractivity contribution in [3.63, 3.8) is 0 Å². The molecular weight excluding hydrogens is 301 g/mol. The minimum atomic E-state index is 0.148. The Labute approximate surface area is 128 Å². The lowest BCUT2D eigenvalue weighted by atomic mass is 9.99. The van der Waals surface area contributed by atoms with Gasteiger partial charge in [-0.25, -0.2) is 0 Å². The summed E-state index contributed by atoms with van der Waals surface area (Å²) in [5.41, 5.74) is 2.24. The summed E-state index contributed by atoms with van der Waals surface area (Å²) in [6, 6.07) is 13.6. The molecule has 0 bridgehead atoms. The molecule has 0 fully saturated rings. The Morgan fingerprint density at radius 1 is 0.947 bits per heavy atom. The number of halogens is 3. The zero-order valence-electron chi connectivity index (χ0n) is 10.5. The third-order valence-corrected chi connectivity index (χ3v) is 3.64. The molecule has 0 spiro atoms. The Kier molecular flexibility index (Phi) is 5.12. The average molecular weight is 315 g/mol. The van der Waals surface area contributed by atoms with Gasteiger partial charge in [-0.3, -0.25) is 0 Å². The molecular formula is C15H14Cl3N. The van der Waals surface area contributed by atoms with Crippen LogP contribution in [0.15, 0.2) is 42.5 Å². The molecule has 100 valence electrons. The van der Waals surface area contributed by atoms with Gasteiger partial charge in [0.25, 0.3) is 0 Å². The molecule has 1 nitrogen and oxygen atoms in total. The molecule has 4 heteroatoms. The van der Waals surface area contributed by atoms with E-state index in [2.05, 4.69) is 11.4 Å². The fraction of sp³-hybridized carbons (Fsp3) is 0.200. The van der Waals surface area contributed by atoms with E-state index in [9.17, 15) is 0 Å². The van der Waals surface area contributed by atoms with E-state index in [1.807, 2.05) is 37.4 Å². The van der Waals surface area contributed by atoms with Crippen LogP contribution in [-0.4, -0.2) is 7.05 Å². The molecule has 1 unspecified atom stereocenters. The van der Waals surface area contributed by atoms with Crippen LogP contribution < -0.4 is 5.32 Å². The van der Waals surface area contributed by atoms with Crippen LogP contribution in [0.5, 0.6) is 0 Å². The molecule has 0 amide bonds. The minimum Gasteiger partial charge on any atom is -0.313 e. The maximum absolute atomic E-state index is 6.05. The van der Waals surface area contributed by atoms with Crippen LogP contribution in [0.25, 0.3) is 0 Å². The van der Waals surface area contributed by atoms with Crippen molar-refractivity contribution in [2.24, 2.45) is 0 Å². The van der Waals surface area contributed by atoms with Crippen molar-refractivity contribution in [1.82, 2.24) is 5.32 Å². The average Bonchev–Trinajstić information content (AvgIpc) is 2.34. The molecule has 0 heterocycles. The van der Waals surface area contributed by atoms with Gasteiger partial charge in [-0.1, -0.05) is 46.9 Å². The van der Waals surface area contributed by atoms with Gasteiger partial charge in [-0.15, -0.1) is 0 Å². The SMILES string of the molecule is CNC(Cc1cccc(Cl)c1)c1cc(Cl)cc(Cl)c1. The predicted molar refractivity (Wildman–Crippen MR) is 83.4 cm³/mol. The van der Waals surface area contributed by atoms with E-state index in [0.29, 0.717) is 10.0 Å². The van der Waals surface area contributed by atoms with Gasteiger partial charge in [0.05, 0.1) is 0 Å². The van der Waals surface area contributed by atoms with Gasteiger partial charge in [0, 0.05) is 21.1 Å². The lowest BCUT2D eigenvalue weighted by Crippen LogP contribution is -2.18. The van der Waals surface area contributed by atoms with Crippen LogP contribution in [0, 0.1) is 0 Å². The Morgan fingerprint density at radius 2 is 1.63 bits per heavy atom. The van der Waals surface area contributed by atoms with Gasteiger partial charge in [0.15, 0.2) is 0 Å². The third-order valence-electron chi connectivity index (χ3n) is 2.96. The monoisotopic (exact) mass is 313 g/mol. The van der Waals surface area contributed by atoms with E-state index < -0.39 is 0 Å². The van der Waals surface area contributed by atoms with Crippen molar-refractivity contribution in [3.8, 4) is 0 Å². The maximum atomic E-state index is 6.05. The van der Waals surface area contributed by atoms with E-state index >= 15 is 0 Å². The second kappa shape index (κ2) is 6.62. The summed E-state index contributed by atoms with van der Waals surface area (Å²) in [6.07, 6.45) is 0.827. The van der Waals surface area contributed by atoms with Crippen molar-refractivity contribution < 1.29 is 0 Å². The number of hydrogen-bond acceptors (Lipinski definition) is 1. The van der Waals surface area contributed by atoms with Crippen molar-refractivity contribution in [2.75, 3.05) is 7.05 Å². The summed E-state index contributed by atoms with van der Waals surface area (Å²) in [4.78, 5) is 0. The quantitative estimate of drug-likeness (QED) is 0.823. The largest absolute Gasteiger partial charge is 0.313 e. The second-order valence-corrected chi connectivity index (χ2v) is 5.69. The number of hydrogen-bond donors (Lipinski definition) is 1. The van der Waals surface area contributed by atoms with Crippen LogP contribution in [0.1, 0.15) is 17.2 Å². The van der Waals surface area contributed by atoms with E-state index in [0.717, 1.165) is 17.0 Å². The van der Waals surface area contributed by atoms with Gasteiger partial charge in [0.1, 0.15) is 0 Å². The van der Waals surface area contributed by atoms with Gasteiger partial charge < -0.3 is 5.32 Å². The molecule has 0 saturated heterocycles. The normalized spacial score (nSPS) is 12.4. The fourth-order valence-corrected chi connectivity index (χ4v) is 2.82. The molecule has 0 aliphatic carbocycles. The molecule has 2 aromatic rings. The number of benzene rings is 2. The lowest BCUT2D eigenvalue weighted by Gasteiger charge is -2.17. The zero-order valence-corrected chi connectivity index (χ0v) is 12.7. The van der Waals surface area contributed by atoms with Crippen LogP contribution in [-0.2, 0) is 6.42 Å². The highest BCUT2D eigenvalue weighted by Crippen LogP contribution is 2.26. The van der Waals surface area contributed by atoms with E-state index in [1.165, 1.54) is 5.56 Å². The highest BCUT2D eigenvalue weighted by atomic mass is 35.5. The van der Waals surface area contributed by atoms with Gasteiger partial charge >= 0.3 is 0 Å². The first-order valence-corrected chi connectivity index (χ1v) is 7.09. The number of rotatable bonds is 4. The molecule has 19 heavy (non-hydrogen) atoms. The molecule has 2 rings (SSSR count). The zero-order chi connectivity index (χ0) is 13.8. The van der Waals surface area contributed by atoms with Crippen molar-refractivity contribution >= 4 is 34.8 Å². The highest BCUT2D eigenvalue weighted by molar-refractivity contribution is 6.34. The second-order valence-electron chi connectivity index (χ2n) is 4.38. The molecule has 1 atom stereocenters. The van der Waals surface area contributed by atoms with E-state index in [-0.39, 0.29) is 6.04 Å². The smallest absolute Gasteiger partial charge is 0.0424 e. The van der Waals surface area contributed by atoms with Gasteiger partial charge in [-0.05, 0) is 54.9 Å². The Balaban J connectivity index is 2.24. The van der Waals surface area contributed by atoms with Crippen LogP contribution in [0.3, 0.4) is 0 Å². The van der Waals surface area contributed by atoms with E-state index in [1.54, 1.807) is 6.07 Å². The molecule has 0 aliphatic rings. The number of likely N-dealkylation sites (N-methyl/N-ethyl adjacent to an activating group) is 1. The molecule has 1 N–H and O–H groups in total. The summed E-state index contributed by atoms with van der Waals surface area (Å²) in [6.45, 7) is 0. The van der Waals surface area contributed by atoms with Crippen molar-refractivity contribution in [1.29, 1.82) is 0 Å². The first kappa shape index (κ1) is 14.7. The predicted octanol–water partition coefficient (Wildman–Crippen LogP) is 5.15. The standard InChI is InChI=1S/C15H14Cl3N/c1-19-15(6-10-3-2-4-12(16)5-10)11-7-13(17)9-14(18)8-11/h2-5,7-9,15,19H,6H2,1H3. The van der Waals surface area contributed by atoms with Crippen molar-refractivity contribution in [3.05, 3.63) is 68.7 Å². The maximum Gasteiger partial charge on any atom is 0.0424 e. The molecule has 0 saturated carbocycles. The van der Waals surface area contributed by atoms with Crippen LogP contribution in [0.2, 0.25) is 15.1 Å². The number of nitrogens with one attached hydrogen (secondary N) is 1. The Hall–Kier alpha value is -0.730. The molecule has 0 radical (unpaired) electrons. The Bertz CT molecular complexity index is 549. The molecule has 2 aromatic carbocycles. The van der Waals surface area contributed by atoms with Gasteiger partial charge in [-0.2, -0.15) is 0 Å². The topological polar surface area (TPSA) is 12.0 Å². The van der Waals surface area contributed by atoms with Gasteiger partial charge in [0.2, 0.25) is 0 Å². The first-order valence-electron chi connectivity index (χ1n) is 5.96. The summed E-state index contributed by atoms with van der Waals surface area (Å²) >= 11 is 18.1. The molecule has 0 aliphatic heterocycles.